The monoisotopic (exact) mass is 414 g/mol. The van der Waals surface area contributed by atoms with Crippen molar-refractivity contribution in [1.29, 1.82) is 0 Å². The van der Waals surface area contributed by atoms with Gasteiger partial charge in [0.1, 0.15) is 11.8 Å². The van der Waals surface area contributed by atoms with Crippen LogP contribution in [0.5, 0.6) is 5.75 Å². The number of nitrogens with zero attached hydrogens (tertiary/aromatic N) is 1. The lowest BCUT2D eigenvalue weighted by atomic mass is 9.81. The minimum absolute atomic E-state index is 0.0918. The number of anilines is 1. The number of imide groups is 1. The van der Waals surface area contributed by atoms with Gasteiger partial charge in [-0.25, -0.2) is 4.79 Å². The first-order chi connectivity index (χ1) is 14.4. The van der Waals surface area contributed by atoms with E-state index in [9.17, 15) is 24.0 Å². The topological polar surface area (TPSA) is 119 Å². The number of rotatable bonds is 5. The van der Waals surface area contributed by atoms with Crippen molar-refractivity contribution in [1.82, 2.24) is 4.90 Å². The highest BCUT2D eigenvalue weighted by atomic mass is 16.5. The van der Waals surface area contributed by atoms with Crippen LogP contribution in [0.4, 0.5) is 5.69 Å². The van der Waals surface area contributed by atoms with Gasteiger partial charge in [0, 0.05) is 5.56 Å². The Bertz CT molecular complexity index is 917. The maximum atomic E-state index is 12.6. The summed E-state index contributed by atoms with van der Waals surface area (Å²) in [4.78, 5) is 62.5. The van der Waals surface area contributed by atoms with Gasteiger partial charge in [-0.05, 0) is 38.0 Å². The number of benzene rings is 1. The maximum Gasteiger partial charge on any atom is 0.329 e. The zero-order valence-electron chi connectivity index (χ0n) is 16.5. The average Bonchev–Trinajstić information content (AvgIpc) is 3.01. The Kier molecular flexibility index (Phi) is 5.27. The summed E-state index contributed by atoms with van der Waals surface area (Å²) in [5.74, 6) is -2.52. The van der Waals surface area contributed by atoms with Crippen LogP contribution in [0.3, 0.4) is 0 Å². The highest BCUT2D eigenvalue weighted by molar-refractivity contribution is 6.08. The summed E-state index contributed by atoms with van der Waals surface area (Å²) in [7, 11) is 0. The lowest BCUT2D eigenvalue weighted by molar-refractivity contribution is -0.157. The molecule has 4 rings (SSSR count). The number of hydrogen-bond acceptors (Lipinski definition) is 7. The number of Topliss-reactive ketones (excluding diaryl/α,β-unsaturated/α-hetero) is 1. The van der Waals surface area contributed by atoms with Crippen molar-refractivity contribution in [2.45, 2.75) is 38.6 Å². The Morgan fingerprint density at radius 1 is 1.17 bits per heavy atom. The van der Waals surface area contributed by atoms with E-state index in [2.05, 4.69) is 5.32 Å². The van der Waals surface area contributed by atoms with Crippen LogP contribution in [0, 0.1) is 11.8 Å². The van der Waals surface area contributed by atoms with Gasteiger partial charge in [-0.15, -0.1) is 0 Å². The van der Waals surface area contributed by atoms with Crippen LogP contribution in [0.1, 0.15) is 43.0 Å². The van der Waals surface area contributed by atoms with Gasteiger partial charge in [-0.2, -0.15) is 0 Å². The minimum Gasteiger partial charge on any atom is -0.482 e. The van der Waals surface area contributed by atoms with Crippen LogP contribution in [0.25, 0.3) is 0 Å². The number of fused-ring (bicyclic) bond motifs is 2. The number of carbonyl (C=O) groups is 5. The second-order valence-corrected chi connectivity index (χ2v) is 7.80. The molecule has 0 bridgehead atoms. The third kappa shape index (κ3) is 3.55. The first-order valence-corrected chi connectivity index (χ1v) is 10.00. The van der Waals surface area contributed by atoms with E-state index in [1.807, 2.05) is 0 Å². The SMILES string of the molecule is CC(C(=O)OCC(=O)c1ccc2c(c1)NC(=O)CO2)N1C(=O)C2CCCCC2C1=O. The number of esters is 1. The Morgan fingerprint density at radius 3 is 2.50 bits per heavy atom. The molecule has 0 spiro atoms. The Labute approximate surface area is 172 Å². The zero-order chi connectivity index (χ0) is 21.4. The maximum absolute atomic E-state index is 12.6. The van der Waals surface area contributed by atoms with Crippen LogP contribution in [-0.2, 0) is 23.9 Å². The summed E-state index contributed by atoms with van der Waals surface area (Å²) in [5.41, 5.74) is 0.604. The largest absolute Gasteiger partial charge is 0.482 e. The molecule has 1 N–H and O–H groups in total. The number of carbonyl (C=O) groups excluding carboxylic acids is 5. The lowest BCUT2D eigenvalue weighted by Crippen LogP contribution is -2.44. The zero-order valence-corrected chi connectivity index (χ0v) is 16.5. The molecular formula is C21H22N2O7. The molecule has 3 unspecified atom stereocenters. The summed E-state index contributed by atoms with van der Waals surface area (Å²) >= 11 is 0. The van der Waals surface area contributed by atoms with E-state index in [0.717, 1.165) is 17.7 Å². The third-order valence-corrected chi connectivity index (χ3v) is 5.88. The number of likely N-dealkylation sites (tertiary alicyclic amines) is 1. The molecule has 1 saturated heterocycles. The molecule has 9 heteroatoms. The van der Waals surface area contributed by atoms with E-state index in [1.165, 1.54) is 19.1 Å². The van der Waals surface area contributed by atoms with E-state index in [4.69, 9.17) is 9.47 Å². The van der Waals surface area contributed by atoms with Crippen molar-refractivity contribution in [3.63, 3.8) is 0 Å². The van der Waals surface area contributed by atoms with Gasteiger partial charge in [-0.3, -0.25) is 24.1 Å². The molecule has 1 saturated carbocycles. The first kappa shape index (κ1) is 20.1. The van der Waals surface area contributed by atoms with Crippen molar-refractivity contribution in [2.24, 2.45) is 11.8 Å². The third-order valence-electron chi connectivity index (χ3n) is 5.88. The van der Waals surface area contributed by atoms with Crippen LogP contribution in [0.2, 0.25) is 0 Å². The molecule has 30 heavy (non-hydrogen) atoms. The summed E-state index contributed by atoms with van der Waals surface area (Å²) in [6.45, 7) is 0.803. The van der Waals surface area contributed by atoms with Gasteiger partial charge in [0.2, 0.25) is 11.8 Å². The Balaban J connectivity index is 1.38. The van der Waals surface area contributed by atoms with Crippen molar-refractivity contribution in [3.8, 4) is 5.75 Å². The highest BCUT2D eigenvalue weighted by Crippen LogP contribution is 2.39. The molecule has 158 valence electrons. The van der Waals surface area contributed by atoms with E-state index in [0.29, 0.717) is 24.3 Å². The summed E-state index contributed by atoms with van der Waals surface area (Å²) in [6, 6.07) is 3.42. The molecule has 2 fully saturated rings. The van der Waals surface area contributed by atoms with Crippen molar-refractivity contribution < 1.29 is 33.4 Å². The molecule has 1 aromatic rings. The summed E-state index contributed by atoms with van der Waals surface area (Å²) in [6.07, 6.45) is 3.11. The molecule has 2 heterocycles. The molecule has 0 aromatic heterocycles. The van der Waals surface area contributed by atoms with Gasteiger partial charge in [0.05, 0.1) is 17.5 Å². The quantitative estimate of drug-likeness (QED) is 0.438. The van der Waals surface area contributed by atoms with Crippen molar-refractivity contribution in [3.05, 3.63) is 23.8 Å². The molecule has 3 atom stereocenters. The molecule has 2 aliphatic heterocycles. The number of ketones is 1. The highest BCUT2D eigenvalue weighted by Gasteiger charge is 2.51. The Morgan fingerprint density at radius 2 is 1.83 bits per heavy atom. The second kappa shape index (κ2) is 7.89. The van der Waals surface area contributed by atoms with Gasteiger partial charge >= 0.3 is 5.97 Å². The van der Waals surface area contributed by atoms with Crippen molar-refractivity contribution >= 4 is 35.2 Å². The van der Waals surface area contributed by atoms with E-state index in [-0.39, 0.29) is 41.7 Å². The van der Waals surface area contributed by atoms with Gasteiger partial charge in [0.25, 0.3) is 5.91 Å². The second-order valence-electron chi connectivity index (χ2n) is 7.80. The van der Waals surface area contributed by atoms with Crippen LogP contribution in [0.15, 0.2) is 18.2 Å². The Hall–Kier alpha value is -3.23. The number of ether oxygens (including phenoxy) is 2. The fourth-order valence-electron chi connectivity index (χ4n) is 4.27. The first-order valence-electron chi connectivity index (χ1n) is 10.00. The minimum atomic E-state index is -1.08. The number of amides is 3. The standard InChI is InChI=1S/C21H22N2O7/c1-11(23-19(26)13-4-2-3-5-14(13)20(23)27)21(28)30-9-16(24)12-6-7-17-15(8-12)22-18(25)10-29-17/h6-8,11,13-14H,2-5,9-10H2,1H3,(H,22,25). The molecule has 3 aliphatic rings. The van der Waals surface area contributed by atoms with Gasteiger partial charge < -0.3 is 14.8 Å². The lowest BCUT2D eigenvalue weighted by Gasteiger charge is -2.21. The molecule has 0 radical (unpaired) electrons. The fourth-order valence-corrected chi connectivity index (χ4v) is 4.27. The normalized spacial score (nSPS) is 23.8. The molecule has 1 aliphatic carbocycles. The molecule has 9 nitrogen and oxygen atoms in total. The van der Waals surface area contributed by atoms with E-state index < -0.39 is 24.4 Å². The van der Waals surface area contributed by atoms with E-state index in [1.54, 1.807) is 6.07 Å². The number of nitrogens with one attached hydrogen (secondary N) is 1. The van der Waals surface area contributed by atoms with Gasteiger partial charge in [0.15, 0.2) is 19.0 Å². The van der Waals surface area contributed by atoms with Crippen LogP contribution in [-0.4, -0.2) is 53.6 Å². The average molecular weight is 414 g/mol. The predicted molar refractivity (Wildman–Crippen MR) is 103 cm³/mol. The van der Waals surface area contributed by atoms with E-state index >= 15 is 0 Å². The van der Waals surface area contributed by atoms with Crippen LogP contribution >= 0.6 is 0 Å². The summed E-state index contributed by atoms with van der Waals surface area (Å²) in [5, 5.41) is 2.60. The molecule has 3 amide bonds. The fraction of sp³-hybridized carbons (Fsp3) is 0.476. The van der Waals surface area contributed by atoms with Crippen LogP contribution < -0.4 is 10.1 Å². The molecule has 1 aromatic carbocycles. The number of hydrogen-bond donors (Lipinski definition) is 1. The van der Waals surface area contributed by atoms with Gasteiger partial charge in [-0.1, -0.05) is 12.8 Å². The predicted octanol–water partition coefficient (Wildman–Crippen LogP) is 1.31. The summed E-state index contributed by atoms with van der Waals surface area (Å²) < 4.78 is 10.3. The molecular weight excluding hydrogens is 392 g/mol. The van der Waals surface area contributed by atoms with Crippen molar-refractivity contribution in [2.75, 3.05) is 18.5 Å². The smallest absolute Gasteiger partial charge is 0.329 e.